The molecule has 4 heteroatoms. The molecule has 0 aliphatic carbocycles. The number of aromatic nitrogens is 1. The van der Waals surface area contributed by atoms with E-state index in [2.05, 4.69) is 22.0 Å². The molecule has 1 aromatic rings. The summed E-state index contributed by atoms with van der Waals surface area (Å²) in [5.74, 6) is 0.226. The maximum absolute atomic E-state index is 11.1. The van der Waals surface area contributed by atoms with Crippen LogP contribution < -0.4 is 0 Å². The number of rotatable bonds is 5. The van der Waals surface area contributed by atoms with Crippen LogP contribution in [0.5, 0.6) is 0 Å². The number of pyridine rings is 1. The second-order valence-electron chi connectivity index (χ2n) is 5.12. The van der Waals surface area contributed by atoms with Gasteiger partial charge in [-0.3, -0.25) is 4.98 Å². The minimum absolute atomic E-state index is 0.226. The normalized spacial score (nSPS) is 16.3. The summed E-state index contributed by atoms with van der Waals surface area (Å²) in [5.41, 5.74) is 3.29. The molecule has 0 atom stereocenters. The molecule has 0 radical (unpaired) electrons. The van der Waals surface area contributed by atoms with Gasteiger partial charge < -0.3 is 14.4 Å². The summed E-state index contributed by atoms with van der Waals surface area (Å²) in [7, 11) is 0. The molecule has 4 nitrogen and oxygen atoms in total. The van der Waals surface area contributed by atoms with Gasteiger partial charge in [-0.1, -0.05) is 6.08 Å². The van der Waals surface area contributed by atoms with Crippen molar-refractivity contribution in [2.24, 2.45) is 0 Å². The molecule has 0 spiro atoms. The lowest BCUT2D eigenvalue weighted by Crippen LogP contribution is -2.35. The number of nitrogens with zero attached hydrogens (tertiary/aromatic N) is 2. The van der Waals surface area contributed by atoms with Gasteiger partial charge in [-0.05, 0) is 32.4 Å². The smallest absolute Gasteiger partial charge is 0.130 e. The molecule has 20 heavy (non-hydrogen) atoms. The molecule has 2 rings (SSSR count). The van der Waals surface area contributed by atoms with E-state index in [9.17, 15) is 4.79 Å². The lowest BCUT2D eigenvalue weighted by Gasteiger charge is -2.31. The Kier molecular flexibility index (Phi) is 5.30. The van der Waals surface area contributed by atoms with Crippen molar-refractivity contribution in [2.75, 3.05) is 26.3 Å². The third-order valence-electron chi connectivity index (χ3n) is 3.39. The van der Waals surface area contributed by atoms with Crippen LogP contribution in [0.15, 0.2) is 24.4 Å². The number of ether oxygens (including phenoxy) is 1. The van der Waals surface area contributed by atoms with Gasteiger partial charge in [-0.25, -0.2) is 0 Å². The van der Waals surface area contributed by atoms with E-state index in [1.165, 1.54) is 5.70 Å². The maximum atomic E-state index is 11.1. The lowest BCUT2D eigenvalue weighted by molar-refractivity contribution is -0.116. The fraction of sp³-hybridized carbons (Fsp3) is 0.500. The van der Waals surface area contributed by atoms with Crippen LogP contribution in [0.25, 0.3) is 5.70 Å². The van der Waals surface area contributed by atoms with Gasteiger partial charge in [-0.15, -0.1) is 0 Å². The molecular weight excluding hydrogens is 252 g/mol. The first kappa shape index (κ1) is 14.7. The Labute approximate surface area is 120 Å². The molecular formula is C16H22N2O2. The molecule has 2 heterocycles. The Hall–Kier alpha value is -1.68. The van der Waals surface area contributed by atoms with E-state index in [-0.39, 0.29) is 5.78 Å². The lowest BCUT2D eigenvalue weighted by atomic mass is 10.1. The Balaban J connectivity index is 2.18. The van der Waals surface area contributed by atoms with Crippen molar-refractivity contribution in [3.63, 3.8) is 0 Å². The number of aryl methyl sites for hydroxylation is 1. The standard InChI is InChI=1S/C16H22N2O2/c1-13-6-7-15(12-17-13)16(5-3-4-14(2)19)18-8-10-20-11-9-18/h5-7,12H,3-4,8-11H2,1-2H3/b16-5-. The predicted molar refractivity (Wildman–Crippen MR) is 79.3 cm³/mol. The summed E-state index contributed by atoms with van der Waals surface area (Å²) >= 11 is 0. The van der Waals surface area contributed by atoms with Crippen LogP contribution in [0, 0.1) is 6.92 Å². The fourth-order valence-corrected chi connectivity index (χ4v) is 2.27. The summed E-state index contributed by atoms with van der Waals surface area (Å²) < 4.78 is 5.41. The van der Waals surface area contributed by atoms with Crippen LogP contribution in [-0.2, 0) is 9.53 Å². The van der Waals surface area contributed by atoms with Crippen molar-refractivity contribution >= 4 is 11.5 Å². The predicted octanol–water partition coefficient (Wildman–Crippen LogP) is 2.43. The topological polar surface area (TPSA) is 42.4 Å². The van der Waals surface area contributed by atoms with Gasteiger partial charge in [0, 0.05) is 42.7 Å². The van der Waals surface area contributed by atoms with Crippen LogP contribution in [0.1, 0.15) is 31.0 Å². The second kappa shape index (κ2) is 7.20. The Morgan fingerprint density at radius 3 is 2.75 bits per heavy atom. The molecule has 0 amide bonds. The van der Waals surface area contributed by atoms with Crippen molar-refractivity contribution < 1.29 is 9.53 Å². The quantitative estimate of drug-likeness (QED) is 0.827. The highest BCUT2D eigenvalue weighted by Crippen LogP contribution is 2.21. The van der Waals surface area contributed by atoms with E-state index in [1.807, 2.05) is 19.2 Å². The van der Waals surface area contributed by atoms with Gasteiger partial charge >= 0.3 is 0 Å². The summed E-state index contributed by atoms with van der Waals surface area (Å²) in [5, 5.41) is 0. The number of carbonyl (C=O) groups excluding carboxylic acids is 1. The number of hydrogen-bond acceptors (Lipinski definition) is 4. The summed E-state index contributed by atoms with van der Waals surface area (Å²) in [6, 6.07) is 4.12. The second-order valence-corrected chi connectivity index (χ2v) is 5.12. The van der Waals surface area contributed by atoms with Crippen LogP contribution in [0.4, 0.5) is 0 Å². The van der Waals surface area contributed by atoms with Crippen molar-refractivity contribution in [2.45, 2.75) is 26.7 Å². The molecule has 0 aromatic carbocycles. The monoisotopic (exact) mass is 274 g/mol. The number of allylic oxidation sites excluding steroid dienone is 1. The van der Waals surface area contributed by atoms with Gasteiger partial charge in [0.25, 0.3) is 0 Å². The van der Waals surface area contributed by atoms with Crippen LogP contribution in [0.2, 0.25) is 0 Å². The SMILES string of the molecule is CC(=O)CC/C=C(/c1ccc(C)nc1)N1CCOCC1. The number of Topliss-reactive ketones (excluding diaryl/α,β-unsaturated/α-hetero) is 1. The van der Waals surface area contributed by atoms with Gasteiger partial charge in [0.2, 0.25) is 0 Å². The minimum atomic E-state index is 0.226. The Bertz CT molecular complexity index is 474. The van der Waals surface area contributed by atoms with Crippen molar-refractivity contribution in [1.29, 1.82) is 0 Å². The van der Waals surface area contributed by atoms with E-state index in [0.29, 0.717) is 6.42 Å². The summed E-state index contributed by atoms with van der Waals surface area (Å²) in [4.78, 5) is 17.8. The van der Waals surface area contributed by atoms with Crippen LogP contribution in [-0.4, -0.2) is 42.0 Å². The van der Waals surface area contributed by atoms with Gasteiger partial charge in [0.05, 0.1) is 13.2 Å². The maximum Gasteiger partial charge on any atom is 0.130 e. The minimum Gasteiger partial charge on any atom is -0.378 e. The Morgan fingerprint density at radius 2 is 2.15 bits per heavy atom. The molecule has 0 saturated carbocycles. The summed E-state index contributed by atoms with van der Waals surface area (Å²) in [6.45, 7) is 6.90. The molecule has 1 saturated heterocycles. The average molecular weight is 274 g/mol. The van der Waals surface area contributed by atoms with E-state index in [0.717, 1.165) is 44.0 Å². The zero-order valence-corrected chi connectivity index (χ0v) is 12.3. The van der Waals surface area contributed by atoms with Crippen LogP contribution >= 0.6 is 0 Å². The molecule has 1 fully saturated rings. The fourth-order valence-electron chi connectivity index (χ4n) is 2.27. The van der Waals surface area contributed by atoms with E-state index in [4.69, 9.17) is 4.74 Å². The number of hydrogen-bond donors (Lipinski definition) is 0. The first-order valence-electron chi connectivity index (χ1n) is 7.12. The van der Waals surface area contributed by atoms with Crippen LogP contribution in [0.3, 0.4) is 0 Å². The van der Waals surface area contributed by atoms with E-state index < -0.39 is 0 Å². The highest BCUT2D eigenvalue weighted by molar-refractivity contribution is 5.76. The molecule has 108 valence electrons. The highest BCUT2D eigenvalue weighted by atomic mass is 16.5. The summed E-state index contributed by atoms with van der Waals surface area (Å²) in [6.07, 6.45) is 5.42. The van der Waals surface area contributed by atoms with Crippen molar-refractivity contribution in [3.05, 3.63) is 35.7 Å². The van der Waals surface area contributed by atoms with E-state index in [1.54, 1.807) is 6.92 Å². The average Bonchev–Trinajstić information content (AvgIpc) is 2.46. The van der Waals surface area contributed by atoms with Gasteiger partial charge in [-0.2, -0.15) is 0 Å². The third kappa shape index (κ3) is 4.17. The molecule has 1 aliphatic rings. The number of ketones is 1. The van der Waals surface area contributed by atoms with Crippen molar-refractivity contribution in [3.8, 4) is 0 Å². The zero-order valence-electron chi connectivity index (χ0n) is 12.3. The van der Waals surface area contributed by atoms with Crippen molar-refractivity contribution in [1.82, 2.24) is 9.88 Å². The molecule has 1 aliphatic heterocycles. The van der Waals surface area contributed by atoms with Gasteiger partial charge in [0.1, 0.15) is 5.78 Å². The Morgan fingerprint density at radius 1 is 1.40 bits per heavy atom. The first-order chi connectivity index (χ1) is 9.66. The third-order valence-corrected chi connectivity index (χ3v) is 3.39. The van der Waals surface area contributed by atoms with E-state index >= 15 is 0 Å². The highest BCUT2D eigenvalue weighted by Gasteiger charge is 2.15. The molecule has 1 aromatic heterocycles. The number of carbonyl (C=O) groups is 1. The van der Waals surface area contributed by atoms with Gasteiger partial charge in [0.15, 0.2) is 0 Å². The first-order valence-corrected chi connectivity index (χ1v) is 7.12. The molecule has 0 unspecified atom stereocenters. The zero-order chi connectivity index (χ0) is 14.4. The molecule has 0 bridgehead atoms. The largest absolute Gasteiger partial charge is 0.378 e. The molecule has 0 N–H and O–H groups in total. The number of morpholine rings is 1.